The van der Waals surface area contributed by atoms with Crippen molar-refractivity contribution in [1.29, 1.82) is 0 Å². The fourth-order valence-corrected chi connectivity index (χ4v) is 2.43. The van der Waals surface area contributed by atoms with Gasteiger partial charge in [0.05, 0.1) is 5.56 Å². The quantitative estimate of drug-likeness (QED) is 0.791. The van der Waals surface area contributed by atoms with Crippen LogP contribution in [0.15, 0.2) is 59.0 Å². The van der Waals surface area contributed by atoms with Gasteiger partial charge in [-0.05, 0) is 31.0 Å². The number of furan rings is 1. The summed E-state index contributed by atoms with van der Waals surface area (Å²) in [5, 5.41) is 3.91. The number of carbonyl (C=O) groups excluding carboxylic acids is 1. The third-order valence-corrected chi connectivity index (χ3v) is 3.45. The molecule has 0 bridgehead atoms. The Balaban J connectivity index is 1.70. The van der Waals surface area contributed by atoms with Crippen LogP contribution in [-0.2, 0) is 6.42 Å². The molecular formula is C18H17NO2. The van der Waals surface area contributed by atoms with E-state index in [0.29, 0.717) is 17.7 Å². The van der Waals surface area contributed by atoms with Crippen LogP contribution in [0.4, 0.5) is 0 Å². The van der Waals surface area contributed by atoms with Gasteiger partial charge in [-0.15, -0.1) is 0 Å². The zero-order chi connectivity index (χ0) is 14.7. The minimum absolute atomic E-state index is 0.0918. The highest BCUT2D eigenvalue weighted by molar-refractivity contribution is 6.04. The van der Waals surface area contributed by atoms with E-state index in [9.17, 15) is 4.79 Å². The van der Waals surface area contributed by atoms with Crippen LogP contribution < -0.4 is 5.32 Å². The van der Waals surface area contributed by atoms with Crippen molar-refractivity contribution in [1.82, 2.24) is 5.32 Å². The lowest BCUT2D eigenvalue weighted by Crippen LogP contribution is -2.25. The van der Waals surface area contributed by atoms with Crippen LogP contribution in [0.25, 0.3) is 11.0 Å². The van der Waals surface area contributed by atoms with Crippen LogP contribution in [0.2, 0.25) is 0 Å². The summed E-state index contributed by atoms with van der Waals surface area (Å²) in [5.41, 5.74) is 2.46. The lowest BCUT2D eigenvalue weighted by atomic mass is 10.1. The average Bonchev–Trinajstić information content (AvgIpc) is 2.88. The van der Waals surface area contributed by atoms with Crippen molar-refractivity contribution in [3.63, 3.8) is 0 Å². The van der Waals surface area contributed by atoms with Crippen LogP contribution in [0, 0.1) is 6.92 Å². The highest BCUT2D eigenvalue weighted by Crippen LogP contribution is 2.22. The number of hydrogen-bond donors (Lipinski definition) is 1. The topological polar surface area (TPSA) is 42.2 Å². The Morgan fingerprint density at radius 2 is 1.90 bits per heavy atom. The zero-order valence-electron chi connectivity index (χ0n) is 11.9. The molecule has 3 aromatic rings. The van der Waals surface area contributed by atoms with Crippen LogP contribution in [0.1, 0.15) is 21.7 Å². The van der Waals surface area contributed by atoms with E-state index in [2.05, 4.69) is 17.4 Å². The van der Waals surface area contributed by atoms with E-state index >= 15 is 0 Å². The molecule has 1 N–H and O–H groups in total. The second kappa shape index (κ2) is 5.83. The van der Waals surface area contributed by atoms with Gasteiger partial charge in [-0.3, -0.25) is 4.79 Å². The summed E-state index contributed by atoms with van der Waals surface area (Å²) in [6.07, 6.45) is 0.819. The van der Waals surface area contributed by atoms with Gasteiger partial charge in [-0.1, -0.05) is 42.5 Å². The molecule has 21 heavy (non-hydrogen) atoms. The molecule has 0 unspecified atom stereocenters. The predicted molar refractivity (Wildman–Crippen MR) is 83.4 cm³/mol. The summed E-state index contributed by atoms with van der Waals surface area (Å²) >= 11 is 0. The molecule has 0 saturated heterocycles. The molecular weight excluding hydrogens is 262 g/mol. The van der Waals surface area contributed by atoms with Crippen molar-refractivity contribution in [3.8, 4) is 0 Å². The second-order valence-corrected chi connectivity index (χ2v) is 5.07. The number of carbonyl (C=O) groups is 1. The number of rotatable bonds is 4. The summed E-state index contributed by atoms with van der Waals surface area (Å²) in [7, 11) is 0. The molecule has 0 fully saturated rings. The van der Waals surface area contributed by atoms with Gasteiger partial charge in [-0.2, -0.15) is 0 Å². The Hall–Kier alpha value is -2.55. The molecule has 0 atom stereocenters. The average molecular weight is 279 g/mol. The first-order valence-electron chi connectivity index (χ1n) is 7.05. The summed E-state index contributed by atoms with van der Waals surface area (Å²) in [6, 6.07) is 17.7. The van der Waals surface area contributed by atoms with Crippen molar-refractivity contribution < 1.29 is 9.21 Å². The lowest BCUT2D eigenvalue weighted by Gasteiger charge is -2.06. The van der Waals surface area contributed by atoms with Gasteiger partial charge in [0, 0.05) is 11.9 Å². The first-order chi connectivity index (χ1) is 10.2. The van der Waals surface area contributed by atoms with E-state index in [0.717, 1.165) is 17.6 Å². The van der Waals surface area contributed by atoms with Crippen LogP contribution in [0.5, 0.6) is 0 Å². The summed E-state index contributed by atoms with van der Waals surface area (Å²) in [4.78, 5) is 12.3. The van der Waals surface area contributed by atoms with Gasteiger partial charge in [0.1, 0.15) is 11.3 Å². The molecule has 0 aliphatic heterocycles. The largest absolute Gasteiger partial charge is 0.461 e. The summed E-state index contributed by atoms with van der Waals surface area (Å²) < 4.78 is 5.62. The Morgan fingerprint density at radius 1 is 1.10 bits per heavy atom. The highest BCUT2D eigenvalue weighted by atomic mass is 16.3. The molecule has 3 heteroatoms. The number of nitrogens with one attached hydrogen (secondary N) is 1. The number of amides is 1. The molecule has 0 saturated carbocycles. The van der Waals surface area contributed by atoms with Gasteiger partial charge in [0.2, 0.25) is 0 Å². The van der Waals surface area contributed by atoms with Crippen molar-refractivity contribution in [2.45, 2.75) is 13.3 Å². The van der Waals surface area contributed by atoms with Gasteiger partial charge in [0.15, 0.2) is 0 Å². The standard InChI is InChI=1S/C18H17NO2/c1-13-12-15-8-5-9-16(17(15)21-13)18(20)19-11-10-14-6-3-2-4-7-14/h2-9,12H,10-11H2,1H3,(H,19,20). The molecule has 3 nitrogen and oxygen atoms in total. The molecule has 0 aliphatic carbocycles. The number of para-hydroxylation sites is 1. The Labute approximate surface area is 123 Å². The van der Waals surface area contributed by atoms with E-state index < -0.39 is 0 Å². The van der Waals surface area contributed by atoms with Gasteiger partial charge >= 0.3 is 0 Å². The maximum absolute atomic E-state index is 12.3. The number of fused-ring (bicyclic) bond motifs is 1. The molecule has 2 aromatic carbocycles. The van der Waals surface area contributed by atoms with E-state index in [1.807, 2.05) is 43.3 Å². The lowest BCUT2D eigenvalue weighted by molar-refractivity contribution is 0.0955. The van der Waals surface area contributed by atoms with Crippen LogP contribution in [0.3, 0.4) is 0 Å². The minimum atomic E-state index is -0.0918. The maximum atomic E-state index is 12.3. The molecule has 106 valence electrons. The first-order valence-corrected chi connectivity index (χ1v) is 7.05. The predicted octanol–water partition coefficient (Wildman–Crippen LogP) is 3.71. The summed E-state index contributed by atoms with van der Waals surface area (Å²) in [5.74, 6) is 0.723. The normalized spacial score (nSPS) is 10.7. The first kappa shape index (κ1) is 13.4. The highest BCUT2D eigenvalue weighted by Gasteiger charge is 2.12. The van der Waals surface area contributed by atoms with Gasteiger partial charge < -0.3 is 9.73 Å². The number of hydrogen-bond acceptors (Lipinski definition) is 2. The molecule has 1 amide bonds. The third-order valence-electron chi connectivity index (χ3n) is 3.45. The maximum Gasteiger partial charge on any atom is 0.255 e. The zero-order valence-corrected chi connectivity index (χ0v) is 11.9. The third kappa shape index (κ3) is 2.97. The molecule has 3 rings (SSSR count). The fraction of sp³-hybridized carbons (Fsp3) is 0.167. The van der Waals surface area contributed by atoms with E-state index in [1.54, 1.807) is 6.07 Å². The van der Waals surface area contributed by atoms with Crippen LogP contribution in [-0.4, -0.2) is 12.5 Å². The Kier molecular flexibility index (Phi) is 3.73. The van der Waals surface area contributed by atoms with E-state index in [4.69, 9.17) is 4.42 Å². The van der Waals surface area contributed by atoms with Crippen LogP contribution >= 0.6 is 0 Å². The van der Waals surface area contributed by atoms with Crippen molar-refractivity contribution >= 4 is 16.9 Å². The molecule has 0 spiro atoms. The van der Waals surface area contributed by atoms with Crippen molar-refractivity contribution in [2.75, 3.05) is 6.54 Å². The summed E-state index contributed by atoms with van der Waals surface area (Å²) in [6.45, 7) is 2.50. The monoisotopic (exact) mass is 279 g/mol. The fourth-order valence-electron chi connectivity index (χ4n) is 2.43. The Bertz CT molecular complexity index is 759. The van der Waals surface area contributed by atoms with Crippen molar-refractivity contribution in [2.24, 2.45) is 0 Å². The van der Waals surface area contributed by atoms with E-state index in [-0.39, 0.29) is 5.91 Å². The number of aryl methyl sites for hydroxylation is 1. The van der Waals surface area contributed by atoms with Gasteiger partial charge in [-0.25, -0.2) is 0 Å². The van der Waals surface area contributed by atoms with E-state index in [1.165, 1.54) is 5.56 Å². The SMILES string of the molecule is Cc1cc2cccc(C(=O)NCCc3ccccc3)c2o1. The minimum Gasteiger partial charge on any atom is -0.461 e. The smallest absolute Gasteiger partial charge is 0.255 e. The number of benzene rings is 2. The Morgan fingerprint density at radius 3 is 2.71 bits per heavy atom. The van der Waals surface area contributed by atoms with Crippen molar-refractivity contribution in [3.05, 3.63) is 71.5 Å². The molecule has 1 heterocycles. The second-order valence-electron chi connectivity index (χ2n) is 5.07. The molecule has 0 aliphatic rings. The van der Waals surface area contributed by atoms with Gasteiger partial charge in [0.25, 0.3) is 5.91 Å². The molecule has 0 radical (unpaired) electrons. The molecule has 1 aromatic heterocycles.